The van der Waals surface area contributed by atoms with E-state index in [-0.39, 0.29) is 17.4 Å². The Balaban J connectivity index is 2.59. The van der Waals surface area contributed by atoms with Gasteiger partial charge in [0.25, 0.3) is 0 Å². The quantitative estimate of drug-likeness (QED) is 0.724. The Morgan fingerprint density at radius 1 is 1.62 bits per heavy atom. The van der Waals surface area contributed by atoms with Crippen LogP contribution in [-0.2, 0) is 17.1 Å². The molecule has 1 rings (SSSR count). The second-order valence-corrected chi connectivity index (χ2v) is 5.59. The van der Waals surface area contributed by atoms with Crippen molar-refractivity contribution in [3.63, 3.8) is 0 Å². The molecule has 0 radical (unpaired) electrons. The molecule has 0 saturated carbocycles. The molecule has 92 valence electrons. The van der Waals surface area contributed by atoms with Crippen molar-refractivity contribution in [1.82, 2.24) is 14.5 Å². The van der Waals surface area contributed by atoms with Crippen LogP contribution >= 0.6 is 0 Å². The zero-order chi connectivity index (χ0) is 12.2. The van der Waals surface area contributed by atoms with E-state index in [1.165, 1.54) is 17.1 Å². The van der Waals surface area contributed by atoms with Crippen LogP contribution in [0.1, 0.15) is 13.3 Å². The number of rotatable bonds is 6. The highest BCUT2D eigenvalue weighted by molar-refractivity contribution is 7.89. The van der Waals surface area contributed by atoms with Crippen molar-refractivity contribution >= 4 is 10.0 Å². The van der Waals surface area contributed by atoms with Crippen LogP contribution in [0.25, 0.3) is 0 Å². The van der Waals surface area contributed by atoms with Crippen molar-refractivity contribution in [2.24, 2.45) is 13.0 Å². The van der Waals surface area contributed by atoms with E-state index in [4.69, 9.17) is 5.11 Å². The standard InChI is InChI=1S/C9H17N3O3S/c1-8(3-4-13)5-11-16(14,15)9-6-10-12(2)7-9/h6-8,11,13H,3-5H2,1-2H3. The molecule has 0 saturated heterocycles. The van der Waals surface area contributed by atoms with Crippen molar-refractivity contribution in [3.8, 4) is 0 Å². The SMILES string of the molecule is CC(CCO)CNS(=O)(=O)c1cnn(C)c1. The van der Waals surface area contributed by atoms with Gasteiger partial charge in [-0.25, -0.2) is 13.1 Å². The molecule has 0 amide bonds. The lowest BCUT2D eigenvalue weighted by Crippen LogP contribution is -2.28. The Morgan fingerprint density at radius 3 is 2.81 bits per heavy atom. The van der Waals surface area contributed by atoms with Gasteiger partial charge in [0, 0.05) is 26.4 Å². The minimum atomic E-state index is -3.47. The van der Waals surface area contributed by atoms with E-state index in [2.05, 4.69) is 9.82 Å². The summed E-state index contributed by atoms with van der Waals surface area (Å²) in [6, 6.07) is 0. The molecule has 6 nitrogen and oxygen atoms in total. The fourth-order valence-corrected chi connectivity index (χ4v) is 2.34. The van der Waals surface area contributed by atoms with Crippen molar-refractivity contribution in [2.75, 3.05) is 13.2 Å². The van der Waals surface area contributed by atoms with E-state index < -0.39 is 10.0 Å². The third kappa shape index (κ3) is 3.58. The first-order valence-electron chi connectivity index (χ1n) is 5.05. The van der Waals surface area contributed by atoms with Gasteiger partial charge in [-0.2, -0.15) is 5.10 Å². The Labute approximate surface area is 95.3 Å². The Hall–Kier alpha value is -0.920. The van der Waals surface area contributed by atoms with Gasteiger partial charge in [0.05, 0.1) is 6.20 Å². The summed E-state index contributed by atoms with van der Waals surface area (Å²) in [5.74, 6) is 0.108. The molecular weight excluding hydrogens is 230 g/mol. The number of hydrogen-bond acceptors (Lipinski definition) is 4. The summed E-state index contributed by atoms with van der Waals surface area (Å²) < 4.78 is 27.4. The molecule has 0 fully saturated rings. The predicted molar refractivity (Wildman–Crippen MR) is 59.3 cm³/mol. The number of hydrogen-bond donors (Lipinski definition) is 2. The molecule has 0 aliphatic heterocycles. The van der Waals surface area contributed by atoms with Crippen LogP contribution in [-0.4, -0.2) is 36.5 Å². The third-order valence-electron chi connectivity index (χ3n) is 2.24. The highest BCUT2D eigenvalue weighted by Gasteiger charge is 2.16. The van der Waals surface area contributed by atoms with Crippen LogP contribution in [0.15, 0.2) is 17.3 Å². The molecule has 0 bridgehead atoms. The van der Waals surface area contributed by atoms with Gasteiger partial charge >= 0.3 is 0 Å². The number of aryl methyl sites for hydroxylation is 1. The van der Waals surface area contributed by atoms with Gasteiger partial charge in [0.1, 0.15) is 4.90 Å². The Kier molecular flexibility index (Phi) is 4.45. The van der Waals surface area contributed by atoms with Crippen molar-refractivity contribution in [1.29, 1.82) is 0 Å². The largest absolute Gasteiger partial charge is 0.396 e. The van der Waals surface area contributed by atoms with Crippen molar-refractivity contribution in [3.05, 3.63) is 12.4 Å². The normalized spacial score (nSPS) is 13.9. The molecule has 0 aliphatic carbocycles. The molecule has 16 heavy (non-hydrogen) atoms. The number of aliphatic hydroxyl groups is 1. The maximum atomic E-state index is 11.7. The van der Waals surface area contributed by atoms with Crippen LogP contribution in [0.3, 0.4) is 0 Å². The summed E-state index contributed by atoms with van der Waals surface area (Å²) in [6.45, 7) is 2.26. The predicted octanol–water partition coefficient (Wildman–Crippen LogP) is -0.283. The second kappa shape index (κ2) is 5.42. The molecule has 1 atom stereocenters. The Morgan fingerprint density at radius 2 is 2.31 bits per heavy atom. The lowest BCUT2D eigenvalue weighted by molar-refractivity contribution is 0.263. The van der Waals surface area contributed by atoms with E-state index >= 15 is 0 Å². The zero-order valence-corrected chi connectivity index (χ0v) is 10.2. The average molecular weight is 247 g/mol. The van der Waals surface area contributed by atoms with Gasteiger partial charge in [0.15, 0.2) is 0 Å². The smallest absolute Gasteiger partial charge is 0.243 e. The monoisotopic (exact) mass is 247 g/mol. The first kappa shape index (κ1) is 13.1. The summed E-state index contributed by atoms with van der Waals surface area (Å²) in [5, 5.41) is 12.5. The summed E-state index contributed by atoms with van der Waals surface area (Å²) >= 11 is 0. The van der Waals surface area contributed by atoms with Gasteiger partial charge in [-0.1, -0.05) is 6.92 Å². The topological polar surface area (TPSA) is 84.2 Å². The molecule has 1 unspecified atom stereocenters. The molecule has 7 heteroatoms. The fraction of sp³-hybridized carbons (Fsp3) is 0.667. The van der Waals surface area contributed by atoms with Gasteiger partial charge in [-0.3, -0.25) is 4.68 Å². The van der Waals surface area contributed by atoms with Crippen LogP contribution in [0.5, 0.6) is 0 Å². The molecule has 0 aromatic carbocycles. The fourth-order valence-electron chi connectivity index (χ4n) is 1.20. The van der Waals surface area contributed by atoms with Gasteiger partial charge in [-0.05, 0) is 12.3 Å². The van der Waals surface area contributed by atoms with Crippen molar-refractivity contribution in [2.45, 2.75) is 18.2 Å². The first-order chi connectivity index (χ1) is 7.45. The number of aromatic nitrogens is 2. The maximum Gasteiger partial charge on any atom is 0.243 e. The molecule has 0 spiro atoms. The van der Waals surface area contributed by atoms with Gasteiger partial charge in [0.2, 0.25) is 10.0 Å². The van der Waals surface area contributed by atoms with E-state index in [0.29, 0.717) is 13.0 Å². The first-order valence-corrected chi connectivity index (χ1v) is 6.53. The number of aliphatic hydroxyl groups excluding tert-OH is 1. The highest BCUT2D eigenvalue weighted by Crippen LogP contribution is 2.07. The van der Waals surface area contributed by atoms with Crippen LogP contribution in [0.2, 0.25) is 0 Å². The van der Waals surface area contributed by atoms with E-state index in [9.17, 15) is 8.42 Å². The minimum Gasteiger partial charge on any atom is -0.396 e. The highest BCUT2D eigenvalue weighted by atomic mass is 32.2. The maximum absolute atomic E-state index is 11.7. The number of nitrogens with one attached hydrogen (secondary N) is 1. The molecule has 1 aromatic heterocycles. The van der Waals surface area contributed by atoms with Crippen LogP contribution in [0.4, 0.5) is 0 Å². The summed E-state index contributed by atoms with van der Waals surface area (Å²) in [7, 11) is -1.81. The Bertz CT molecular complexity index is 427. The van der Waals surface area contributed by atoms with E-state index in [1.54, 1.807) is 7.05 Å². The zero-order valence-electron chi connectivity index (χ0n) is 9.42. The van der Waals surface area contributed by atoms with Gasteiger partial charge < -0.3 is 5.11 Å². The molecule has 0 aliphatic rings. The molecule has 1 heterocycles. The lowest BCUT2D eigenvalue weighted by atomic mass is 10.1. The summed E-state index contributed by atoms with van der Waals surface area (Å²) in [5.41, 5.74) is 0. The van der Waals surface area contributed by atoms with E-state index in [0.717, 1.165) is 0 Å². The van der Waals surface area contributed by atoms with Crippen LogP contribution in [0, 0.1) is 5.92 Å². The average Bonchev–Trinajstić information content (AvgIpc) is 2.63. The van der Waals surface area contributed by atoms with Gasteiger partial charge in [-0.15, -0.1) is 0 Å². The van der Waals surface area contributed by atoms with Crippen molar-refractivity contribution < 1.29 is 13.5 Å². The molecular formula is C9H17N3O3S. The lowest BCUT2D eigenvalue weighted by Gasteiger charge is -2.10. The number of nitrogens with zero attached hydrogens (tertiary/aromatic N) is 2. The minimum absolute atomic E-state index is 0.0653. The molecule has 1 aromatic rings. The molecule has 2 N–H and O–H groups in total. The van der Waals surface area contributed by atoms with Crippen LogP contribution < -0.4 is 4.72 Å². The second-order valence-electron chi connectivity index (χ2n) is 3.82. The third-order valence-corrected chi connectivity index (χ3v) is 3.61. The summed E-state index contributed by atoms with van der Waals surface area (Å²) in [6.07, 6.45) is 3.33. The van der Waals surface area contributed by atoms with E-state index in [1.807, 2.05) is 6.92 Å². The number of sulfonamides is 1. The summed E-state index contributed by atoms with van der Waals surface area (Å²) in [4.78, 5) is 0.159.